The van der Waals surface area contributed by atoms with Gasteiger partial charge < -0.3 is 15.4 Å². The zero-order valence-electron chi connectivity index (χ0n) is 15.1. The molecule has 7 heteroatoms. The van der Waals surface area contributed by atoms with Crippen molar-refractivity contribution in [2.24, 2.45) is 0 Å². The molecule has 1 amide bonds. The Balaban J connectivity index is 1.61. The quantitative estimate of drug-likeness (QED) is 0.708. The number of nitrogens with one attached hydrogen (secondary N) is 2. The van der Waals surface area contributed by atoms with E-state index in [2.05, 4.69) is 32.6 Å². The van der Waals surface area contributed by atoms with Crippen LogP contribution in [-0.2, 0) is 35.3 Å². The molecule has 2 heterocycles. The van der Waals surface area contributed by atoms with E-state index in [0.29, 0.717) is 17.7 Å². The van der Waals surface area contributed by atoms with Gasteiger partial charge in [-0.25, -0.2) is 4.79 Å². The zero-order chi connectivity index (χ0) is 19.0. The molecule has 1 aromatic carbocycles. The molecule has 0 radical (unpaired) electrons. The summed E-state index contributed by atoms with van der Waals surface area (Å²) in [4.78, 5) is 27.6. The third-order valence-corrected chi connectivity index (χ3v) is 7.10. The van der Waals surface area contributed by atoms with Gasteiger partial charge in [-0.05, 0) is 54.2 Å². The van der Waals surface area contributed by atoms with Crippen LogP contribution in [0.4, 0.5) is 0 Å². The van der Waals surface area contributed by atoms with Gasteiger partial charge in [0, 0.05) is 28.9 Å². The summed E-state index contributed by atoms with van der Waals surface area (Å²) in [6.07, 6.45) is 2.63. The number of esters is 1. The van der Waals surface area contributed by atoms with Crippen molar-refractivity contribution in [2.45, 2.75) is 37.8 Å². The smallest absolute Gasteiger partial charge is 0.331 e. The van der Waals surface area contributed by atoms with Crippen LogP contribution < -0.4 is 10.6 Å². The van der Waals surface area contributed by atoms with Gasteiger partial charge in [0.15, 0.2) is 0 Å². The van der Waals surface area contributed by atoms with Gasteiger partial charge in [0.2, 0.25) is 0 Å². The molecule has 1 aliphatic carbocycles. The number of halogens is 1. The molecule has 4 rings (SSSR count). The van der Waals surface area contributed by atoms with Gasteiger partial charge in [-0.1, -0.05) is 22.0 Å². The Labute approximate surface area is 170 Å². The largest absolute Gasteiger partial charge is 0.467 e. The maximum Gasteiger partial charge on any atom is 0.331 e. The Morgan fingerprint density at radius 2 is 2.07 bits per heavy atom. The number of benzene rings is 1. The van der Waals surface area contributed by atoms with Gasteiger partial charge in [0.05, 0.1) is 12.0 Å². The standard InChI is InChI=1S/C20H21BrN2O3S/c1-26-19(25)20(6-4-12-8-15(21)3-2-13(12)10-20)23-18(24)17-9-14-11-22-7-5-16(14)27-17/h2-3,8-9,22H,4-7,10-11H2,1H3,(H,23,24). The van der Waals surface area contributed by atoms with Gasteiger partial charge in [0.1, 0.15) is 5.54 Å². The number of hydrogen-bond acceptors (Lipinski definition) is 5. The minimum atomic E-state index is -1.02. The molecule has 5 nitrogen and oxygen atoms in total. The first-order chi connectivity index (χ1) is 13.0. The van der Waals surface area contributed by atoms with Crippen LogP contribution in [-0.4, -0.2) is 31.1 Å². The van der Waals surface area contributed by atoms with Crippen molar-refractivity contribution in [3.05, 3.63) is 55.2 Å². The number of ether oxygens (including phenoxy) is 1. The van der Waals surface area contributed by atoms with E-state index in [1.807, 2.05) is 18.2 Å². The number of methoxy groups -OCH3 is 1. The topological polar surface area (TPSA) is 67.4 Å². The number of hydrogen-bond donors (Lipinski definition) is 2. The summed E-state index contributed by atoms with van der Waals surface area (Å²) in [6.45, 7) is 1.73. The van der Waals surface area contributed by atoms with E-state index < -0.39 is 5.54 Å². The van der Waals surface area contributed by atoms with Crippen LogP contribution in [0.2, 0.25) is 0 Å². The fourth-order valence-electron chi connectivity index (χ4n) is 3.93. The van der Waals surface area contributed by atoms with E-state index >= 15 is 0 Å². The van der Waals surface area contributed by atoms with Gasteiger partial charge in [-0.15, -0.1) is 11.3 Å². The van der Waals surface area contributed by atoms with Crippen molar-refractivity contribution < 1.29 is 14.3 Å². The number of thiophene rings is 1. The van der Waals surface area contributed by atoms with Crippen molar-refractivity contribution >= 4 is 39.1 Å². The lowest BCUT2D eigenvalue weighted by Gasteiger charge is -2.36. The number of carbonyl (C=O) groups excluding carboxylic acids is 2. The van der Waals surface area contributed by atoms with E-state index in [0.717, 1.165) is 36.0 Å². The fourth-order valence-corrected chi connectivity index (χ4v) is 5.42. The Morgan fingerprint density at radius 3 is 2.85 bits per heavy atom. The Morgan fingerprint density at radius 1 is 1.22 bits per heavy atom. The molecule has 142 valence electrons. The third kappa shape index (κ3) is 3.56. The predicted octanol–water partition coefficient (Wildman–Crippen LogP) is 2.99. The van der Waals surface area contributed by atoms with Crippen LogP contribution in [0.15, 0.2) is 28.7 Å². The molecule has 0 spiro atoms. The molecular formula is C20H21BrN2O3S. The highest BCUT2D eigenvalue weighted by atomic mass is 79.9. The van der Waals surface area contributed by atoms with Crippen molar-refractivity contribution in [3.8, 4) is 0 Å². The third-order valence-electron chi connectivity index (χ3n) is 5.38. The highest BCUT2D eigenvalue weighted by Crippen LogP contribution is 2.33. The summed E-state index contributed by atoms with van der Waals surface area (Å²) >= 11 is 5.02. The van der Waals surface area contributed by atoms with Gasteiger partial charge in [0.25, 0.3) is 5.91 Å². The van der Waals surface area contributed by atoms with Crippen molar-refractivity contribution in [1.82, 2.24) is 10.6 Å². The van der Waals surface area contributed by atoms with Crippen LogP contribution >= 0.6 is 27.3 Å². The lowest BCUT2D eigenvalue weighted by Crippen LogP contribution is -2.58. The van der Waals surface area contributed by atoms with Gasteiger partial charge >= 0.3 is 5.97 Å². The highest BCUT2D eigenvalue weighted by molar-refractivity contribution is 9.10. The minimum absolute atomic E-state index is 0.194. The number of rotatable bonds is 3. The number of carbonyl (C=O) groups is 2. The zero-order valence-corrected chi connectivity index (χ0v) is 17.5. The maximum absolute atomic E-state index is 13.0. The van der Waals surface area contributed by atoms with Gasteiger partial charge in [-0.3, -0.25) is 4.79 Å². The Kier molecular flexibility index (Phi) is 5.09. The molecule has 0 saturated carbocycles. The summed E-state index contributed by atoms with van der Waals surface area (Å²) < 4.78 is 6.10. The molecule has 1 unspecified atom stereocenters. The molecule has 2 aliphatic rings. The maximum atomic E-state index is 13.0. The van der Waals surface area contributed by atoms with E-state index in [1.54, 1.807) is 0 Å². The summed E-state index contributed by atoms with van der Waals surface area (Å²) in [5.41, 5.74) is 2.44. The SMILES string of the molecule is COC(=O)C1(NC(=O)c2cc3c(s2)CCNC3)CCc2cc(Br)ccc2C1. The molecule has 1 aromatic heterocycles. The van der Waals surface area contributed by atoms with Crippen molar-refractivity contribution in [2.75, 3.05) is 13.7 Å². The summed E-state index contributed by atoms with van der Waals surface area (Å²) in [7, 11) is 1.38. The van der Waals surface area contributed by atoms with Crippen molar-refractivity contribution in [3.63, 3.8) is 0 Å². The Bertz CT molecular complexity index is 887. The molecule has 1 atom stereocenters. The first-order valence-electron chi connectivity index (χ1n) is 9.01. The van der Waals surface area contributed by atoms with Crippen LogP contribution in [0.25, 0.3) is 0 Å². The summed E-state index contributed by atoms with van der Waals surface area (Å²) in [6, 6.07) is 8.01. The second-order valence-corrected chi connectivity index (χ2v) is 9.16. The molecule has 0 bridgehead atoms. The average molecular weight is 449 g/mol. The molecule has 0 saturated heterocycles. The second kappa shape index (κ2) is 7.37. The van der Waals surface area contributed by atoms with Crippen LogP contribution in [0, 0.1) is 0 Å². The van der Waals surface area contributed by atoms with E-state index in [-0.39, 0.29) is 11.9 Å². The minimum Gasteiger partial charge on any atom is -0.467 e. The molecule has 0 fully saturated rings. The Hall–Kier alpha value is -1.70. The summed E-state index contributed by atoms with van der Waals surface area (Å²) in [5.74, 6) is -0.576. The molecule has 27 heavy (non-hydrogen) atoms. The van der Waals surface area contributed by atoms with Gasteiger partial charge in [-0.2, -0.15) is 0 Å². The number of amides is 1. The molecule has 2 aromatic rings. The summed E-state index contributed by atoms with van der Waals surface area (Å²) in [5, 5.41) is 6.35. The number of aryl methyl sites for hydroxylation is 1. The average Bonchev–Trinajstić information content (AvgIpc) is 3.12. The monoisotopic (exact) mass is 448 g/mol. The van der Waals surface area contributed by atoms with E-state index in [4.69, 9.17) is 4.74 Å². The van der Waals surface area contributed by atoms with Crippen molar-refractivity contribution in [1.29, 1.82) is 0 Å². The lowest BCUT2D eigenvalue weighted by atomic mass is 9.77. The van der Waals surface area contributed by atoms with E-state index in [9.17, 15) is 9.59 Å². The lowest BCUT2D eigenvalue weighted by molar-refractivity contribution is -0.148. The normalized spacial score (nSPS) is 21.1. The highest BCUT2D eigenvalue weighted by Gasteiger charge is 2.44. The molecule has 1 aliphatic heterocycles. The molecule has 2 N–H and O–H groups in total. The second-order valence-electron chi connectivity index (χ2n) is 7.10. The predicted molar refractivity (Wildman–Crippen MR) is 108 cm³/mol. The van der Waals surface area contributed by atoms with E-state index in [1.165, 1.54) is 34.5 Å². The van der Waals surface area contributed by atoms with Crippen LogP contribution in [0.5, 0.6) is 0 Å². The first kappa shape index (κ1) is 18.7. The van der Waals surface area contributed by atoms with Crippen LogP contribution in [0.3, 0.4) is 0 Å². The first-order valence-corrected chi connectivity index (χ1v) is 10.6. The fraction of sp³-hybridized carbons (Fsp3) is 0.400. The van der Waals surface area contributed by atoms with Crippen LogP contribution in [0.1, 0.15) is 37.7 Å². The number of fused-ring (bicyclic) bond motifs is 2. The molecular weight excluding hydrogens is 428 g/mol.